The lowest BCUT2D eigenvalue weighted by Crippen LogP contribution is -2.32. The highest BCUT2D eigenvalue weighted by atomic mass is 16.5. The first-order chi connectivity index (χ1) is 13.8. The van der Waals surface area contributed by atoms with Crippen molar-refractivity contribution in [1.29, 1.82) is 0 Å². The molecule has 29 heavy (non-hydrogen) atoms. The predicted molar refractivity (Wildman–Crippen MR) is 114 cm³/mol. The minimum absolute atomic E-state index is 0.0932. The number of benzene rings is 2. The van der Waals surface area contributed by atoms with Gasteiger partial charge >= 0.3 is 0 Å². The molecule has 7 heteroatoms. The zero-order chi connectivity index (χ0) is 21.4. The van der Waals surface area contributed by atoms with Gasteiger partial charge in [-0.2, -0.15) is 0 Å². The standard InChI is InChI=1S/C22H29N3O4/c1-15-6-8-19(18(12-15)22(27)23-10-11-25(2)3)24-21(26)14-16-13-17(28-4)7-9-20(16)29-5/h6-9,12-13H,10-11,14H2,1-5H3,(H,23,27)(H,24,26). The van der Waals surface area contributed by atoms with Crippen LogP contribution in [0, 0.1) is 6.92 Å². The van der Waals surface area contributed by atoms with Crippen molar-refractivity contribution in [2.75, 3.05) is 46.7 Å². The van der Waals surface area contributed by atoms with E-state index in [9.17, 15) is 9.59 Å². The molecule has 0 aliphatic heterocycles. The van der Waals surface area contributed by atoms with Gasteiger partial charge in [0.15, 0.2) is 0 Å². The van der Waals surface area contributed by atoms with Crippen LogP contribution in [-0.4, -0.2) is 58.1 Å². The molecular formula is C22H29N3O4. The maximum absolute atomic E-state index is 12.7. The number of amides is 2. The molecule has 0 heterocycles. The molecule has 0 fully saturated rings. The molecule has 7 nitrogen and oxygen atoms in total. The van der Waals surface area contributed by atoms with E-state index < -0.39 is 0 Å². The number of rotatable bonds is 9. The fourth-order valence-electron chi connectivity index (χ4n) is 2.83. The van der Waals surface area contributed by atoms with Crippen molar-refractivity contribution in [3.8, 4) is 11.5 Å². The zero-order valence-electron chi connectivity index (χ0n) is 17.7. The molecule has 2 amide bonds. The first-order valence-corrected chi connectivity index (χ1v) is 9.38. The van der Waals surface area contributed by atoms with E-state index in [4.69, 9.17) is 9.47 Å². The maximum atomic E-state index is 12.7. The molecule has 0 unspecified atom stereocenters. The van der Waals surface area contributed by atoms with E-state index in [1.807, 2.05) is 32.0 Å². The molecule has 156 valence electrons. The molecule has 0 atom stereocenters. The predicted octanol–water partition coefficient (Wildman–Crippen LogP) is 2.48. The molecule has 0 saturated heterocycles. The molecule has 0 radical (unpaired) electrons. The smallest absolute Gasteiger partial charge is 0.253 e. The Kier molecular flexibility index (Phi) is 8.03. The number of hydrogen-bond acceptors (Lipinski definition) is 5. The average molecular weight is 399 g/mol. The normalized spacial score (nSPS) is 10.6. The molecule has 0 spiro atoms. The van der Waals surface area contributed by atoms with Gasteiger partial charge in [0.2, 0.25) is 5.91 Å². The van der Waals surface area contributed by atoms with E-state index in [1.54, 1.807) is 44.6 Å². The van der Waals surface area contributed by atoms with E-state index in [0.717, 1.165) is 12.1 Å². The first-order valence-electron chi connectivity index (χ1n) is 9.38. The largest absolute Gasteiger partial charge is 0.497 e. The van der Waals surface area contributed by atoms with Crippen LogP contribution in [-0.2, 0) is 11.2 Å². The SMILES string of the molecule is COc1ccc(OC)c(CC(=O)Nc2ccc(C)cc2C(=O)NCCN(C)C)c1. The summed E-state index contributed by atoms with van der Waals surface area (Å²) >= 11 is 0. The van der Waals surface area contributed by atoms with E-state index in [1.165, 1.54) is 0 Å². The monoisotopic (exact) mass is 399 g/mol. The molecule has 0 aliphatic carbocycles. The second kappa shape index (κ2) is 10.5. The van der Waals surface area contributed by atoms with Crippen LogP contribution in [0.2, 0.25) is 0 Å². The fourth-order valence-corrected chi connectivity index (χ4v) is 2.83. The number of hydrogen-bond donors (Lipinski definition) is 2. The molecule has 2 N–H and O–H groups in total. The lowest BCUT2D eigenvalue weighted by atomic mass is 10.1. The highest BCUT2D eigenvalue weighted by molar-refractivity contribution is 6.04. The highest BCUT2D eigenvalue weighted by Crippen LogP contribution is 2.25. The van der Waals surface area contributed by atoms with Crippen LogP contribution in [0.25, 0.3) is 0 Å². The number of anilines is 1. The number of aryl methyl sites for hydroxylation is 1. The minimum Gasteiger partial charge on any atom is -0.497 e. The Morgan fingerprint density at radius 1 is 1.03 bits per heavy atom. The molecule has 0 saturated carbocycles. The van der Waals surface area contributed by atoms with Gasteiger partial charge in [0, 0.05) is 18.7 Å². The Balaban J connectivity index is 2.15. The Hall–Kier alpha value is -3.06. The Morgan fingerprint density at radius 2 is 1.79 bits per heavy atom. The van der Waals surface area contributed by atoms with E-state index in [2.05, 4.69) is 10.6 Å². The van der Waals surface area contributed by atoms with Crippen molar-refractivity contribution < 1.29 is 19.1 Å². The van der Waals surface area contributed by atoms with E-state index in [-0.39, 0.29) is 18.2 Å². The third-order valence-electron chi connectivity index (χ3n) is 4.38. The van der Waals surface area contributed by atoms with Gasteiger partial charge in [-0.3, -0.25) is 9.59 Å². The van der Waals surface area contributed by atoms with E-state index in [0.29, 0.717) is 34.9 Å². The third kappa shape index (κ3) is 6.50. The summed E-state index contributed by atoms with van der Waals surface area (Å²) in [6.45, 7) is 3.16. The topological polar surface area (TPSA) is 79.9 Å². The molecule has 2 rings (SSSR count). The van der Waals surface area contributed by atoms with Crippen LogP contribution in [0.5, 0.6) is 11.5 Å². The number of likely N-dealkylation sites (N-methyl/N-ethyl adjacent to an activating group) is 1. The van der Waals surface area contributed by atoms with Gasteiger partial charge in [-0.15, -0.1) is 0 Å². The number of carbonyl (C=O) groups is 2. The van der Waals surface area contributed by atoms with Crippen molar-refractivity contribution in [2.45, 2.75) is 13.3 Å². The van der Waals surface area contributed by atoms with Crippen LogP contribution < -0.4 is 20.1 Å². The van der Waals surface area contributed by atoms with Gasteiger partial charge in [-0.1, -0.05) is 11.6 Å². The second-order valence-electron chi connectivity index (χ2n) is 7.01. The van der Waals surface area contributed by atoms with Crippen LogP contribution in [0.3, 0.4) is 0 Å². The van der Waals surface area contributed by atoms with Gasteiger partial charge in [-0.25, -0.2) is 0 Å². The number of carbonyl (C=O) groups excluding carboxylic acids is 2. The number of nitrogens with one attached hydrogen (secondary N) is 2. The summed E-state index contributed by atoms with van der Waals surface area (Å²) in [4.78, 5) is 27.3. The first kappa shape index (κ1) is 22.2. The Bertz CT molecular complexity index is 865. The summed E-state index contributed by atoms with van der Waals surface area (Å²) in [6, 6.07) is 10.7. The molecule has 0 aromatic heterocycles. The lowest BCUT2D eigenvalue weighted by Gasteiger charge is -2.15. The van der Waals surface area contributed by atoms with Gasteiger partial charge in [0.05, 0.1) is 31.9 Å². The van der Waals surface area contributed by atoms with E-state index >= 15 is 0 Å². The minimum atomic E-state index is -0.247. The quantitative estimate of drug-likeness (QED) is 0.677. The summed E-state index contributed by atoms with van der Waals surface area (Å²) in [5.74, 6) is 0.781. The van der Waals surface area contributed by atoms with Crippen molar-refractivity contribution >= 4 is 17.5 Å². The maximum Gasteiger partial charge on any atom is 0.253 e. The fraction of sp³-hybridized carbons (Fsp3) is 0.364. The summed E-state index contributed by atoms with van der Waals surface area (Å²) in [5.41, 5.74) is 2.56. The molecule has 0 bridgehead atoms. The Labute approximate surface area is 172 Å². The van der Waals surface area contributed by atoms with Crippen LogP contribution in [0.1, 0.15) is 21.5 Å². The van der Waals surface area contributed by atoms with Crippen LogP contribution in [0.15, 0.2) is 36.4 Å². The summed E-state index contributed by atoms with van der Waals surface area (Å²) in [7, 11) is 7.01. The Morgan fingerprint density at radius 3 is 2.45 bits per heavy atom. The zero-order valence-corrected chi connectivity index (χ0v) is 17.7. The van der Waals surface area contributed by atoms with Crippen molar-refractivity contribution in [1.82, 2.24) is 10.2 Å². The van der Waals surface area contributed by atoms with Gasteiger partial charge < -0.3 is 25.0 Å². The number of methoxy groups -OCH3 is 2. The van der Waals surface area contributed by atoms with Gasteiger partial charge in [0.25, 0.3) is 5.91 Å². The molecule has 2 aromatic rings. The molecular weight excluding hydrogens is 370 g/mol. The van der Waals surface area contributed by atoms with Crippen LogP contribution >= 0.6 is 0 Å². The third-order valence-corrected chi connectivity index (χ3v) is 4.38. The lowest BCUT2D eigenvalue weighted by molar-refractivity contribution is -0.115. The van der Waals surface area contributed by atoms with Gasteiger partial charge in [-0.05, 0) is 51.4 Å². The van der Waals surface area contributed by atoms with Gasteiger partial charge in [0.1, 0.15) is 11.5 Å². The number of nitrogens with zero attached hydrogens (tertiary/aromatic N) is 1. The van der Waals surface area contributed by atoms with Crippen molar-refractivity contribution in [3.63, 3.8) is 0 Å². The van der Waals surface area contributed by atoms with Crippen LogP contribution in [0.4, 0.5) is 5.69 Å². The summed E-state index contributed by atoms with van der Waals surface area (Å²) in [6.07, 6.45) is 0.0932. The molecule has 2 aromatic carbocycles. The van der Waals surface area contributed by atoms with Crippen molar-refractivity contribution in [2.24, 2.45) is 0 Å². The average Bonchev–Trinajstić information content (AvgIpc) is 2.68. The number of ether oxygens (including phenoxy) is 2. The summed E-state index contributed by atoms with van der Waals surface area (Å²) in [5, 5.41) is 5.73. The second-order valence-corrected chi connectivity index (χ2v) is 7.01. The summed E-state index contributed by atoms with van der Waals surface area (Å²) < 4.78 is 10.6. The van der Waals surface area contributed by atoms with Crippen molar-refractivity contribution in [3.05, 3.63) is 53.1 Å². The highest BCUT2D eigenvalue weighted by Gasteiger charge is 2.16. The molecule has 0 aliphatic rings.